The maximum Gasteiger partial charge on any atom is 0.255 e. The SMILES string of the molecule is [2H]c1c([2H])c(C([2H])([2H])N2CCOCC2=O)c([2H])c([2H])c1C([2H])([2H])Oc1cccc2c1CN(C1CCC(=C)NC1=O)C2=O. The third kappa shape index (κ3) is 4.41. The Labute approximate surface area is 209 Å². The summed E-state index contributed by atoms with van der Waals surface area (Å²) in [6.45, 7) is -2.59. The Morgan fingerprint density at radius 1 is 1.21 bits per heavy atom. The molecule has 2 fully saturated rings. The molecule has 3 aliphatic rings. The van der Waals surface area contributed by atoms with Gasteiger partial charge in [-0.25, -0.2) is 0 Å². The predicted octanol–water partition coefficient (Wildman–Crippen LogP) is 2.37. The summed E-state index contributed by atoms with van der Waals surface area (Å²) < 4.78 is 79.0. The molecule has 2 aromatic rings. The van der Waals surface area contributed by atoms with Gasteiger partial charge in [0.25, 0.3) is 5.91 Å². The zero-order valence-electron chi connectivity index (χ0n) is 26.2. The van der Waals surface area contributed by atoms with E-state index in [-0.39, 0.29) is 42.5 Å². The van der Waals surface area contributed by atoms with Gasteiger partial charge in [-0.3, -0.25) is 14.4 Å². The molecule has 2 aromatic carbocycles. The van der Waals surface area contributed by atoms with Gasteiger partial charge in [-0.15, -0.1) is 0 Å². The fourth-order valence-electron chi connectivity index (χ4n) is 4.03. The van der Waals surface area contributed by atoms with E-state index in [0.29, 0.717) is 18.5 Å². The zero-order chi connectivity index (χ0) is 30.7. The van der Waals surface area contributed by atoms with Crippen molar-refractivity contribution in [3.8, 4) is 5.75 Å². The first kappa shape index (κ1) is 14.6. The minimum atomic E-state index is -2.97. The van der Waals surface area contributed by atoms with Gasteiger partial charge in [0.1, 0.15) is 25.0 Å². The first-order valence-corrected chi connectivity index (χ1v) is 10.8. The molecule has 176 valence electrons. The van der Waals surface area contributed by atoms with Gasteiger partial charge in [0, 0.05) is 29.9 Å². The lowest BCUT2D eigenvalue weighted by molar-refractivity contribution is -0.143. The summed E-state index contributed by atoms with van der Waals surface area (Å²) in [5, 5.41) is 2.64. The Hall–Kier alpha value is -3.65. The van der Waals surface area contributed by atoms with Crippen LogP contribution in [0.25, 0.3) is 0 Å². The smallest absolute Gasteiger partial charge is 0.255 e. The second kappa shape index (κ2) is 9.30. The van der Waals surface area contributed by atoms with Crippen molar-refractivity contribution in [2.45, 2.75) is 38.5 Å². The summed E-state index contributed by atoms with van der Waals surface area (Å²) in [6.07, 6.45) is 0.847. The Bertz CT molecular complexity index is 1500. The number of ether oxygens (including phenoxy) is 2. The summed E-state index contributed by atoms with van der Waals surface area (Å²) in [5.74, 6) is -1.66. The molecule has 8 heteroatoms. The quantitative estimate of drug-likeness (QED) is 0.702. The van der Waals surface area contributed by atoms with Gasteiger partial charge in [0.05, 0.1) is 24.1 Å². The molecule has 1 N–H and O–H groups in total. The van der Waals surface area contributed by atoms with Crippen LogP contribution in [0.4, 0.5) is 0 Å². The van der Waals surface area contributed by atoms with E-state index in [1.165, 1.54) is 23.1 Å². The van der Waals surface area contributed by atoms with Crippen molar-refractivity contribution in [1.29, 1.82) is 0 Å². The number of hydrogen-bond donors (Lipinski definition) is 1. The number of morpholine rings is 1. The maximum atomic E-state index is 13.2. The van der Waals surface area contributed by atoms with E-state index in [0.717, 1.165) is 4.90 Å². The molecule has 0 saturated carbocycles. The molecule has 0 radical (unpaired) electrons. The summed E-state index contributed by atoms with van der Waals surface area (Å²) in [7, 11) is 0. The lowest BCUT2D eigenvalue weighted by Gasteiger charge is -2.31. The van der Waals surface area contributed by atoms with E-state index >= 15 is 0 Å². The van der Waals surface area contributed by atoms with E-state index in [4.69, 9.17) is 20.4 Å². The van der Waals surface area contributed by atoms with Gasteiger partial charge in [0.2, 0.25) is 11.8 Å². The molecule has 5 rings (SSSR count). The van der Waals surface area contributed by atoms with Crippen LogP contribution in [0.3, 0.4) is 0 Å². The number of piperidine rings is 1. The highest BCUT2D eigenvalue weighted by Crippen LogP contribution is 2.34. The van der Waals surface area contributed by atoms with Crippen LogP contribution in [0.15, 0.2) is 54.6 Å². The number of carbonyl (C=O) groups excluding carboxylic acids is 3. The van der Waals surface area contributed by atoms with Gasteiger partial charge in [0.15, 0.2) is 0 Å². The van der Waals surface area contributed by atoms with E-state index < -0.39 is 72.8 Å². The van der Waals surface area contributed by atoms with Crippen LogP contribution in [0.1, 0.15) is 50.9 Å². The van der Waals surface area contributed by atoms with Crippen molar-refractivity contribution in [1.82, 2.24) is 15.1 Å². The zero-order valence-corrected chi connectivity index (χ0v) is 18.2. The van der Waals surface area contributed by atoms with Gasteiger partial charge in [-0.2, -0.15) is 0 Å². The molecule has 2 saturated heterocycles. The van der Waals surface area contributed by atoms with Gasteiger partial charge in [-0.1, -0.05) is 36.8 Å². The second-order valence-electron chi connectivity index (χ2n) is 8.03. The molecule has 3 amide bonds. The Kier molecular flexibility index (Phi) is 3.99. The van der Waals surface area contributed by atoms with Crippen LogP contribution in [0, 0.1) is 0 Å². The summed E-state index contributed by atoms with van der Waals surface area (Å²) in [4.78, 5) is 40.2. The number of carbonyl (C=O) groups is 3. The number of allylic oxidation sites excluding steroid dienone is 1. The van der Waals surface area contributed by atoms with Crippen molar-refractivity contribution in [3.05, 3.63) is 76.9 Å². The molecule has 3 heterocycles. The summed E-state index contributed by atoms with van der Waals surface area (Å²) >= 11 is 0. The highest BCUT2D eigenvalue weighted by molar-refractivity contribution is 6.02. The Balaban J connectivity index is 1.49. The number of hydrogen-bond acceptors (Lipinski definition) is 5. The van der Waals surface area contributed by atoms with Crippen molar-refractivity contribution >= 4 is 17.7 Å². The average molecular weight is 470 g/mol. The summed E-state index contributed by atoms with van der Waals surface area (Å²) in [6, 6.07) is 0.0931. The monoisotopic (exact) mass is 469 g/mol. The minimum absolute atomic E-state index is 0.0178. The predicted molar refractivity (Wildman–Crippen MR) is 124 cm³/mol. The molecule has 34 heavy (non-hydrogen) atoms. The molecule has 1 atom stereocenters. The van der Waals surface area contributed by atoms with Crippen LogP contribution in [-0.4, -0.2) is 53.3 Å². The van der Waals surface area contributed by atoms with Gasteiger partial charge in [-0.05, 0) is 36.1 Å². The fraction of sp³-hybridized carbons (Fsp3) is 0.346. The maximum absolute atomic E-state index is 13.2. The lowest BCUT2D eigenvalue weighted by atomic mass is 10.0. The van der Waals surface area contributed by atoms with Gasteiger partial charge >= 0.3 is 0 Å². The number of fused-ring (bicyclic) bond motifs is 1. The second-order valence-corrected chi connectivity index (χ2v) is 8.03. The van der Waals surface area contributed by atoms with Crippen molar-refractivity contribution in [2.24, 2.45) is 0 Å². The normalized spacial score (nSPS) is 24.6. The molecular weight excluding hydrogens is 434 g/mol. The number of amides is 3. The van der Waals surface area contributed by atoms with E-state index in [2.05, 4.69) is 11.9 Å². The molecule has 3 aliphatic heterocycles. The molecule has 8 nitrogen and oxygen atoms in total. The number of nitrogens with zero attached hydrogens (tertiary/aromatic N) is 2. The van der Waals surface area contributed by atoms with Crippen LogP contribution in [0.5, 0.6) is 5.75 Å². The van der Waals surface area contributed by atoms with Crippen molar-refractivity contribution in [3.63, 3.8) is 0 Å². The molecule has 0 spiro atoms. The largest absolute Gasteiger partial charge is 0.489 e. The third-order valence-corrected chi connectivity index (χ3v) is 5.77. The minimum Gasteiger partial charge on any atom is -0.489 e. The Morgan fingerprint density at radius 3 is 2.76 bits per heavy atom. The average Bonchev–Trinajstić information content (AvgIpc) is 3.24. The molecule has 0 aromatic heterocycles. The molecule has 1 unspecified atom stereocenters. The molecule has 0 aliphatic carbocycles. The topological polar surface area (TPSA) is 88.2 Å². The summed E-state index contributed by atoms with van der Waals surface area (Å²) in [5.41, 5.74) is -0.471. The number of rotatable bonds is 6. The van der Waals surface area contributed by atoms with Crippen LogP contribution >= 0.6 is 0 Å². The van der Waals surface area contributed by atoms with Crippen molar-refractivity contribution in [2.75, 3.05) is 19.8 Å². The van der Waals surface area contributed by atoms with Crippen LogP contribution < -0.4 is 10.1 Å². The highest BCUT2D eigenvalue weighted by atomic mass is 16.5. The van der Waals surface area contributed by atoms with Gasteiger partial charge < -0.3 is 24.6 Å². The molecule has 0 bridgehead atoms. The lowest BCUT2D eigenvalue weighted by Crippen LogP contribution is -2.49. The highest BCUT2D eigenvalue weighted by Gasteiger charge is 2.39. The standard InChI is InChI=1S/C26H27N3O5/c1-17-5-10-22(25(31)27-17)29-14-21-20(26(29)32)3-2-4-23(21)34-15-19-8-6-18(7-9-19)13-28-11-12-33-16-24(28)30/h2-4,6-9,22H,1,5,10-16H2,(H,27,31)/i6D,7D,8D,9D,13D2,15D2. The fourth-order valence-corrected chi connectivity index (χ4v) is 4.03. The van der Waals surface area contributed by atoms with Crippen LogP contribution in [-0.2, 0) is 33.9 Å². The first-order valence-electron chi connectivity index (χ1n) is 14.8. The first-order chi connectivity index (χ1) is 19.7. The number of nitrogens with one attached hydrogen (secondary N) is 1. The Morgan fingerprint density at radius 2 is 2.00 bits per heavy atom. The van der Waals surface area contributed by atoms with E-state index in [1.807, 2.05) is 0 Å². The van der Waals surface area contributed by atoms with E-state index in [9.17, 15) is 14.4 Å². The van der Waals surface area contributed by atoms with Crippen LogP contribution in [0.2, 0.25) is 0 Å². The van der Waals surface area contributed by atoms with E-state index in [1.54, 1.807) is 0 Å². The molecular formula is C26H27N3O5. The third-order valence-electron chi connectivity index (χ3n) is 5.77. The van der Waals surface area contributed by atoms with Crippen molar-refractivity contribution < 1.29 is 34.8 Å². The number of benzene rings is 2.